The maximum atomic E-state index is 10.3. The summed E-state index contributed by atoms with van der Waals surface area (Å²) in [6, 6.07) is 4.51. The van der Waals surface area contributed by atoms with Crippen LogP contribution < -0.4 is 4.74 Å². The highest BCUT2D eigenvalue weighted by molar-refractivity contribution is 5.79. The summed E-state index contributed by atoms with van der Waals surface area (Å²) in [7, 11) is 0. The molecule has 0 aromatic heterocycles. The van der Waals surface area contributed by atoms with Crippen LogP contribution >= 0.6 is 0 Å². The first-order valence-corrected chi connectivity index (χ1v) is 3.84. The molecule has 0 aliphatic heterocycles. The Kier molecular flexibility index (Phi) is 3.09. The Hall–Kier alpha value is -1.77. The van der Waals surface area contributed by atoms with E-state index in [-0.39, 0.29) is 11.3 Å². The molecule has 0 spiro atoms. The van der Waals surface area contributed by atoms with Gasteiger partial charge >= 0.3 is 0 Å². The number of hydrogen-bond acceptors (Lipinski definition) is 3. The van der Waals surface area contributed by atoms with Gasteiger partial charge in [0.15, 0.2) is 6.29 Å². The van der Waals surface area contributed by atoms with Crippen molar-refractivity contribution >= 4 is 6.29 Å². The Balaban J connectivity index is 2.89. The van der Waals surface area contributed by atoms with Gasteiger partial charge < -0.3 is 9.84 Å². The number of aldehydes is 1. The van der Waals surface area contributed by atoms with E-state index in [1.54, 1.807) is 12.1 Å². The number of ether oxygens (including phenoxy) is 1. The molecular weight excluding hydrogens is 168 g/mol. The minimum Gasteiger partial charge on any atom is -0.507 e. The molecule has 0 aliphatic rings. The third-order valence-electron chi connectivity index (χ3n) is 1.47. The van der Waals surface area contributed by atoms with Crippen molar-refractivity contribution in [1.29, 1.82) is 0 Å². The van der Waals surface area contributed by atoms with Crippen LogP contribution in [0.25, 0.3) is 0 Å². The number of aromatic hydroxyl groups is 1. The van der Waals surface area contributed by atoms with E-state index >= 15 is 0 Å². The second-order valence-corrected chi connectivity index (χ2v) is 2.43. The van der Waals surface area contributed by atoms with Crippen LogP contribution in [0.15, 0.2) is 30.5 Å². The zero-order valence-electron chi connectivity index (χ0n) is 7.23. The highest BCUT2D eigenvalue weighted by Gasteiger charge is 2.00. The number of carbonyl (C=O) groups excluding carboxylic acids is 1. The summed E-state index contributed by atoms with van der Waals surface area (Å²) >= 11 is 0. The van der Waals surface area contributed by atoms with Gasteiger partial charge in [0, 0.05) is 6.07 Å². The average molecular weight is 178 g/mol. The van der Waals surface area contributed by atoms with Crippen LogP contribution in [0.5, 0.6) is 11.5 Å². The summed E-state index contributed by atoms with van der Waals surface area (Å²) in [5.74, 6) is 0.429. The molecular formula is C10H10O3. The van der Waals surface area contributed by atoms with E-state index < -0.39 is 0 Å². The summed E-state index contributed by atoms with van der Waals surface area (Å²) in [5, 5.41) is 9.26. The van der Waals surface area contributed by atoms with Gasteiger partial charge in [0.2, 0.25) is 0 Å². The van der Waals surface area contributed by atoms with Crippen LogP contribution in [0.1, 0.15) is 17.3 Å². The van der Waals surface area contributed by atoms with Crippen molar-refractivity contribution in [3.63, 3.8) is 0 Å². The number of phenols is 1. The molecule has 3 heteroatoms. The van der Waals surface area contributed by atoms with Gasteiger partial charge in [0.1, 0.15) is 11.5 Å². The lowest BCUT2D eigenvalue weighted by atomic mass is 10.2. The lowest BCUT2D eigenvalue weighted by Gasteiger charge is -2.01. The molecule has 13 heavy (non-hydrogen) atoms. The molecule has 0 heterocycles. The molecule has 0 unspecified atom stereocenters. The fourth-order valence-electron chi connectivity index (χ4n) is 0.843. The fraction of sp³-hybridized carbons (Fsp3) is 0.100. The van der Waals surface area contributed by atoms with Crippen LogP contribution in [-0.4, -0.2) is 11.4 Å². The van der Waals surface area contributed by atoms with E-state index in [9.17, 15) is 9.90 Å². The first-order chi connectivity index (χ1) is 6.27. The molecule has 1 aromatic rings. The molecule has 68 valence electrons. The van der Waals surface area contributed by atoms with Gasteiger partial charge in [-0.15, -0.1) is 0 Å². The molecule has 0 atom stereocenters. The van der Waals surface area contributed by atoms with E-state index in [0.29, 0.717) is 12.0 Å². The van der Waals surface area contributed by atoms with Crippen LogP contribution in [-0.2, 0) is 0 Å². The molecule has 1 N–H and O–H groups in total. The summed E-state index contributed by atoms with van der Waals surface area (Å²) < 4.78 is 5.08. The smallest absolute Gasteiger partial charge is 0.153 e. The largest absolute Gasteiger partial charge is 0.507 e. The molecule has 0 saturated carbocycles. The molecule has 1 aromatic carbocycles. The Morgan fingerprint density at radius 2 is 2.23 bits per heavy atom. The van der Waals surface area contributed by atoms with E-state index in [1.165, 1.54) is 18.4 Å². The zero-order chi connectivity index (χ0) is 9.68. The predicted molar refractivity (Wildman–Crippen MR) is 48.9 cm³/mol. The Bertz CT molecular complexity index is 329. The minimum atomic E-state index is -0.0722. The topological polar surface area (TPSA) is 46.5 Å². The molecule has 0 bridgehead atoms. The Labute approximate surface area is 76.3 Å². The van der Waals surface area contributed by atoms with Gasteiger partial charge in [0.25, 0.3) is 0 Å². The van der Waals surface area contributed by atoms with Crippen molar-refractivity contribution in [3.8, 4) is 11.5 Å². The number of hydrogen-bond donors (Lipinski definition) is 1. The minimum absolute atomic E-state index is 0.0722. The van der Waals surface area contributed by atoms with E-state index in [4.69, 9.17) is 4.74 Å². The standard InChI is InChI=1S/C10H10O3/c1-2-5-13-9-4-3-8(7-11)10(12)6-9/h2-7,12H,1H3. The second kappa shape index (κ2) is 4.30. The first kappa shape index (κ1) is 9.32. The Morgan fingerprint density at radius 3 is 2.77 bits per heavy atom. The van der Waals surface area contributed by atoms with E-state index in [2.05, 4.69) is 0 Å². The van der Waals surface area contributed by atoms with E-state index in [0.717, 1.165) is 0 Å². The quantitative estimate of drug-likeness (QED) is 0.569. The van der Waals surface area contributed by atoms with Gasteiger partial charge in [-0.2, -0.15) is 0 Å². The molecule has 0 radical (unpaired) electrons. The highest BCUT2D eigenvalue weighted by Crippen LogP contribution is 2.22. The first-order valence-electron chi connectivity index (χ1n) is 3.84. The normalized spacial score (nSPS) is 10.2. The third-order valence-corrected chi connectivity index (χ3v) is 1.47. The number of benzene rings is 1. The van der Waals surface area contributed by atoms with Gasteiger partial charge in [-0.1, -0.05) is 6.08 Å². The SMILES string of the molecule is CC=COc1ccc(C=O)c(O)c1. The second-order valence-electron chi connectivity index (χ2n) is 2.43. The van der Waals surface area contributed by atoms with E-state index in [1.807, 2.05) is 6.92 Å². The van der Waals surface area contributed by atoms with Gasteiger partial charge in [-0.05, 0) is 19.1 Å². The summed E-state index contributed by atoms with van der Waals surface area (Å²) in [6.07, 6.45) is 3.81. The highest BCUT2D eigenvalue weighted by atomic mass is 16.5. The van der Waals surface area contributed by atoms with Crippen LogP contribution in [0.4, 0.5) is 0 Å². The Morgan fingerprint density at radius 1 is 1.46 bits per heavy atom. The summed E-state index contributed by atoms with van der Waals surface area (Å²) in [6.45, 7) is 1.82. The van der Waals surface area contributed by atoms with Crippen molar-refractivity contribution in [2.75, 3.05) is 0 Å². The molecule has 0 fully saturated rings. The fourth-order valence-corrected chi connectivity index (χ4v) is 0.843. The third kappa shape index (κ3) is 2.33. The van der Waals surface area contributed by atoms with Crippen molar-refractivity contribution in [3.05, 3.63) is 36.1 Å². The van der Waals surface area contributed by atoms with Crippen molar-refractivity contribution in [1.82, 2.24) is 0 Å². The summed E-state index contributed by atoms with van der Waals surface area (Å²) in [4.78, 5) is 10.3. The molecule has 0 saturated heterocycles. The van der Waals surface area contributed by atoms with Crippen molar-refractivity contribution in [2.24, 2.45) is 0 Å². The van der Waals surface area contributed by atoms with Crippen LogP contribution in [0.3, 0.4) is 0 Å². The molecule has 3 nitrogen and oxygen atoms in total. The monoisotopic (exact) mass is 178 g/mol. The van der Waals surface area contributed by atoms with Gasteiger partial charge in [-0.25, -0.2) is 0 Å². The lowest BCUT2D eigenvalue weighted by Crippen LogP contribution is -1.84. The number of phenolic OH excluding ortho intramolecular Hbond substituents is 1. The number of rotatable bonds is 3. The lowest BCUT2D eigenvalue weighted by molar-refractivity contribution is 0.112. The van der Waals surface area contributed by atoms with Gasteiger partial charge in [-0.3, -0.25) is 4.79 Å². The van der Waals surface area contributed by atoms with Crippen molar-refractivity contribution < 1.29 is 14.6 Å². The average Bonchev–Trinajstić information content (AvgIpc) is 2.15. The number of carbonyl (C=O) groups is 1. The van der Waals surface area contributed by atoms with Crippen molar-refractivity contribution in [2.45, 2.75) is 6.92 Å². The number of allylic oxidation sites excluding steroid dienone is 1. The molecule has 1 rings (SSSR count). The predicted octanol–water partition coefficient (Wildman–Crippen LogP) is 2.12. The summed E-state index contributed by atoms with van der Waals surface area (Å²) in [5.41, 5.74) is 0.257. The van der Waals surface area contributed by atoms with Crippen LogP contribution in [0, 0.1) is 0 Å². The maximum absolute atomic E-state index is 10.3. The zero-order valence-corrected chi connectivity index (χ0v) is 7.23. The van der Waals surface area contributed by atoms with Gasteiger partial charge in [0.05, 0.1) is 11.8 Å². The molecule has 0 amide bonds. The van der Waals surface area contributed by atoms with Crippen LogP contribution in [0.2, 0.25) is 0 Å². The molecule has 0 aliphatic carbocycles. The maximum Gasteiger partial charge on any atom is 0.153 e.